The summed E-state index contributed by atoms with van der Waals surface area (Å²) in [5.41, 5.74) is 10.7. The van der Waals surface area contributed by atoms with Gasteiger partial charge in [-0.1, -0.05) is 59.7 Å². The molecule has 3 aromatic rings. The first kappa shape index (κ1) is 27.2. The van der Waals surface area contributed by atoms with Crippen LogP contribution in [0, 0.1) is 0 Å². The maximum atomic E-state index is 14.6. The summed E-state index contributed by atoms with van der Waals surface area (Å²) in [7, 11) is 0. The molecular weight excluding hydrogens is 506 g/mol. The van der Waals surface area contributed by atoms with Crippen LogP contribution in [0.4, 0.5) is 5.69 Å². The van der Waals surface area contributed by atoms with Crippen LogP contribution in [0.3, 0.4) is 0 Å². The Balaban J connectivity index is 1.62. The second kappa shape index (κ2) is 12.7. The van der Waals surface area contributed by atoms with Crippen molar-refractivity contribution in [1.29, 1.82) is 0 Å². The van der Waals surface area contributed by atoms with Gasteiger partial charge in [0.2, 0.25) is 5.90 Å². The van der Waals surface area contributed by atoms with E-state index in [0.29, 0.717) is 61.0 Å². The zero-order chi connectivity index (χ0) is 27.8. The van der Waals surface area contributed by atoms with Gasteiger partial charge in [-0.05, 0) is 54.6 Å². The Morgan fingerprint density at radius 3 is 2.50 bits per heavy atom. The lowest BCUT2D eigenvalue weighted by molar-refractivity contribution is -0.140. The number of benzene rings is 3. The Bertz CT molecular complexity index is 1380. The SMILES string of the molecule is [N-]=[N+]=Nc1ccccc1[C@H]1OC(c2ccc(OCCCO)cc2)=N[C@@]1(Cc1ccccc1)C(=O)N1CCCCC1. The molecule has 9 nitrogen and oxygen atoms in total. The molecule has 0 aromatic heterocycles. The zero-order valence-electron chi connectivity index (χ0n) is 22.4. The molecule has 1 saturated heterocycles. The molecule has 2 aliphatic heterocycles. The smallest absolute Gasteiger partial charge is 0.255 e. The largest absolute Gasteiger partial charge is 0.494 e. The van der Waals surface area contributed by atoms with Gasteiger partial charge in [-0.3, -0.25) is 4.79 Å². The molecule has 0 aliphatic carbocycles. The molecule has 1 N–H and O–H groups in total. The third kappa shape index (κ3) is 5.81. The molecule has 3 aromatic carbocycles. The highest BCUT2D eigenvalue weighted by Crippen LogP contribution is 2.46. The predicted molar refractivity (Wildman–Crippen MR) is 153 cm³/mol. The van der Waals surface area contributed by atoms with Crippen molar-refractivity contribution < 1.29 is 19.4 Å². The monoisotopic (exact) mass is 539 g/mol. The van der Waals surface area contributed by atoms with E-state index in [1.807, 2.05) is 71.6 Å². The minimum atomic E-state index is -1.30. The lowest BCUT2D eigenvalue weighted by Gasteiger charge is -2.37. The highest BCUT2D eigenvalue weighted by molar-refractivity contribution is 6.01. The molecular formula is C31H33N5O4. The van der Waals surface area contributed by atoms with Crippen molar-refractivity contribution in [3.8, 4) is 5.75 Å². The second-order valence-electron chi connectivity index (χ2n) is 10.1. The number of aliphatic hydroxyl groups is 1. The number of nitrogens with zero attached hydrogens (tertiary/aromatic N) is 5. The molecule has 0 saturated carbocycles. The summed E-state index contributed by atoms with van der Waals surface area (Å²) in [6.07, 6.45) is 3.05. The van der Waals surface area contributed by atoms with Crippen LogP contribution in [0.25, 0.3) is 10.4 Å². The molecule has 0 radical (unpaired) electrons. The number of aliphatic imine (C=N–C) groups is 1. The fourth-order valence-corrected chi connectivity index (χ4v) is 5.37. The average molecular weight is 540 g/mol. The number of rotatable bonds is 10. The quantitative estimate of drug-likeness (QED) is 0.149. The normalized spacial score (nSPS) is 20.3. The first-order chi connectivity index (χ1) is 19.6. The summed E-state index contributed by atoms with van der Waals surface area (Å²) >= 11 is 0. The van der Waals surface area contributed by atoms with E-state index in [2.05, 4.69) is 10.0 Å². The molecule has 1 amide bonds. The molecule has 9 heteroatoms. The van der Waals surface area contributed by atoms with Crippen LogP contribution in [-0.4, -0.2) is 53.7 Å². The number of azide groups is 1. The van der Waals surface area contributed by atoms with Crippen molar-refractivity contribution >= 4 is 17.5 Å². The first-order valence-corrected chi connectivity index (χ1v) is 13.7. The molecule has 0 spiro atoms. The Morgan fingerprint density at radius 2 is 1.77 bits per heavy atom. The molecule has 0 unspecified atom stereocenters. The summed E-state index contributed by atoms with van der Waals surface area (Å²) in [4.78, 5) is 24.6. The molecule has 206 valence electrons. The third-order valence-electron chi connectivity index (χ3n) is 7.34. The molecule has 2 aliphatic rings. The molecule has 40 heavy (non-hydrogen) atoms. The van der Waals surface area contributed by atoms with Crippen LogP contribution < -0.4 is 4.74 Å². The highest BCUT2D eigenvalue weighted by Gasteiger charge is 2.55. The van der Waals surface area contributed by atoms with Crippen molar-refractivity contribution in [2.45, 2.75) is 43.7 Å². The van der Waals surface area contributed by atoms with Crippen molar-refractivity contribution in [2.24, 2.45) is 10.1 Å². The van der Waals surface area contributed by atoms with E-state index < -0.39 is 11.6 Å². The van der Waals surface area contributed by atoms with Crippen LogP contribution in [-0.2, 0) is 16.0 Å². The topological polar surface area (TPSA) is 120 Å². The van der Waals surface area contributed by atoms with E-state index in [1.54, 1.807) is 12.1 Å². The molecule has 2 heterocycles. The molecule has 0 bridgehead atoms. The van der Waals surface area contributed by atoms with E-state index in [9.17, 15) is 10.3 Å². The van der Waals surface area contributed by atoms with Crippen molar-refractivity contribution in [2.75, 3.05) is 26.3 Å². The van der Waals surface area contributed by atoms with E-state index in [1.165, 1.54) is 0 Å². The van der Waals surface area contributed by atoms with E-state index in [0.717, 1.165) is 24.8 Å². The molecule has 2 atom stereocenters. The van der Waals surface area contributed by atoms with Gasteiger partial charge in [0.15, 0.2) is 11.6 Å². The van der Waals surface area contributed by atoms with E-state index in [-0.39, 0.29) is 12.5 Å². The number of aliphatic hydroxyl groups excluding tert-OH is 1. The van der Waals surface area contributed by atoms with Crippen LogP contribution >= 0.6 is 0 Å². The Morgan fingerprint density at radius 1 is 1.05 bits per heavy atom. The number of ether oxygens (including phenoxy) is 2. The summed E-state index contributed by atoms with van der Waals surface area (Å²) in [6.45, 7) is 1.82. The molecule has 1 fully saturated rings. The average Bonchev–Trinajstić information content (AvgIpc) is 3.38. The Hall–Kier alpha value is -4.33. The second-order valence-corrected chi connectivity index (χ2v) is 10.1. The van der Waals surface area contributed by atoms with Gasteiger partial charge in [-0.2, -0.15) is 0 Å². The van der Waals surface area contributed by atoms with E-state index in [4.69, 9.17) is 19.6 Å². The maximum absolute atomic E-state index is 14.6. The summed E-state index contributed by atoms with van der Waals surface area (Å²) in [6, 6.07) is 24.4. The number of likely N-dealkylation sites (tertiary alicyclic amines) is 1. The van der Waals surface area contributed by atoms with Crippen LogP contribution in [0.15, 0.2) is 89.0 Å². The number of piperidine rings is 1. The zero-order valence-corrected chi connectivity index (χ0v) is 22.4. The van der Waals surface area contributed by atoms with Crippen molar-refractivity contribution in [1.82, 2.24) is 4.90 Å². The first-order valence-electron chi connectivity index (χ1n) is 13.7. The number of hydrogen-bond donors (Lipinski definition) is 1. The number of carbonyl (C=O) groups is 1. The van der Waals surface area contributed by atoms with Gasteiger partial charge >= 0.3 is 0 Å². The summed E-state index contributed by atoms with van der Waals surface area (Å²) in [5.74, 6) is 0.931. The van der Waals surface area contributed by atoms with Crippen molar-refractivity contribution in [3.05, 3.63) is 106 Å². The predicted octanol–water partition coefficient (Wildman–Crippen LogP) is 5.90. The number of hydrogen-bond acceptors (Lipinski definition) is 6. The minimum absolute atomic E-state index is 0.0655. The number of amides is 1. The van der Waals surface area contributed by atoms with E-state index >= 15 is 0 Å². The van der Waals surface area contributed by atoms with Gasteiger partial charge in [0, 0.05) is 54.3 Å². The van der Waals surface area contributed by atoms with Crippen LogP contribution in [0.1, 0.15) is 48.5 Å². The summed E-state index contributed by atoms with van der Waals surface area (Å²) < 4.78 is 12.3. The lowest BCUT2D eigenvalue weighted by Crippen LogP contribution is -2.53. The molecule has 5 rings (SSSR count). The van der Waals surface area contributed by atoms with Crippen LogP contribution in [0.5, 0.6) is 5.75 Å². The standard InChI is InChI=1S/C31H33N5O4/c32-35-34-27-13-6-5-12-26(27)28-31(22-23-10-3-1-4-11-23,30(38)36-18-7-2-8-19-36)33-29(40-28)24-14-16-25(17-15-24)39-21-9-20-37/h1,3-6,10-17,28,37H,2,7-9,18-22H2/t28-,31-/m1/s1. The van der Waals surface area contributed by atoms with Crippen LogP contribution in [0.2, 0.25) is 0 Å². The number of carbonyl (C=O) groups excluding carboxylic acids is 1. The lowest BCUT2D eigenvalue weighted by atomic mass is 9.80. The Labute approximate surface area is 233 Å². The van der Waals surface area contributed by atoms with Gasteiger partial charge in [0.05, 0.1) is 6.61 Å². The van der Waals surface area contributed by atoms with Gasteiger partial charge in [0.1, 0.15) is 5.75 Å². The van der Waals surface area contributed by atoms with Gasteiger partial charge in [-0.25, -0.2) is 4.99 Å². The van der Waals surface area contributed by atoms with Gasteiger partial charge in [-0.15, -0.1) is 0 Å². The van der Waals surface area contributed by atoms with Gasteiger partial charge in [0.25, 0.3) is 5.91 Å². The Kier molecular flexibility index (Phi) is 8.64. The van der Waals surface area contributed by atoms with Gasteiger partial charge < -0.3 is 19.5 Å². The summed E-state index contributed by atoms with van der Waals surface area (Å²) in [5, 5.41) is 13.0. The third-order valence-corrected chi connectivity index (χ3v) is 7.34. The maximum Gasteiger partial charge on any atom is 0.255 e. The fourth-order valence-electron chi connectivity index (χ4n) is 5.37. The van der Waals surface area contributed by atoms with Crippen molar-refractivity contribution in [3.63, 3.8) is 0 Å². The minimum Gasteiger partial charge on any atom is -0.494 e. The highest BCUT2D eigenvalue weighted by atomic mass is 16.5. The fraction of sp³-hybridized carbons (Fsp3) is 0.355.